The van der Waals surface area contributed by atoms with Crippen molar-refractivity contribution in [2.45, 2.75) is 63.8 Å². The number of carbonyl (C=O) groups excluding carboxylic acids is 1. The average molecular weight is 681 g/mol. The standard InChI is InChI=1S/C33H34FIN4O3/c1-21-29(32(2,3)34)28(16-17-38-20-26(36-37-38)30(40)23-11-5-4-6-12-23)42-33(21)25-14-7-8-15-27(25)39(31(33)41)19-22-10-9-13-24(35)18-22/h4-15,18,20-21,28-30,40H,16-17,19H2,1-3H3/t21-,28+,29-,30+,33+/m0/s1. The third-order valence-electron chi connectivity index (χ3n) is 8.69. The van der Waals surface area contributed by atoms with Crippen LogP contribution in [0.3, 0.4) is 0 Å². The van der Waals surface area contributed by atoms with Crippen LogP contribution in [0.15, 0.2) is 85.1 Å². The topological polar surface area (TPSA) is 80.5 Å². The molecule has 6 rings (SSSR count). The Balaban J connectivity index is 1.28. The largest absolute Gasteiger partial charge is 0.382 e. The maximum Gasteiger partial charge on any atom is 0.264 e. The minimum Gasteiger partial charge on any atom is -0.382 e. The van der Waals surface area contributed by atoms with Crippen molar-refractivity contribution in [1.29, 1.82) is 0 Å². The summed E-state index contributed by atoms with van der Waals surface area (Å²) in [6.07, 6.45) is 0.706. The number of fused-ring (bicyclic) bond motifs is 2. The predicted octanol–water partition coefficient (Wildman–Crippen LogP) is 6.20. The van der Waals surface area contributed by atoms with E-state index in [1.807, 2.05) is 79.7 Å². The number of hydrogen-bond acceptors (Lipinski definition) is 5. The van der Waals surface area contributed by atoms with E-state index in [9.17, 15) is 9.90 Å². The van der Waals surface area contributed by atoms with Gasteiger partial charge in [0, 0.05) is 27.5 Å². The SMILES string of the molecule is C[C@H]1[C@H](C(C)(C)F)[C@@H](CCn2cc([C@H](O)c3ccccc3)nn2)O[C@]12C(=O)N(Cc1cccc(I)c1)c1ccccc12. The van der Waals surface area contributed by atoms with Crippen LogP contribution < -0.4 is 4.90 Å². The lowest BCUT2D eigenvalue weighted by Crippen LogP contribution is -2.45. The molecule has 0 aliphatic carbocycles. The van der Waals surface area contributed by atoms with Crippen LogP contribution in [-0.4, -0.2) is 37.8 Å². The number of aromatic nitrogens is 3. The molecule has 1 aromatic heterocycles. The quantitative estimate of drug-likeness (QED) is 0.225. The fraction of sp³-hybridized carbons (Fsp3) is 0.364. The Morgan fingerprint density at radius 3 is 2.57 bits per heavy atom. The van der Waals surface area contributed by atoms with Crippen LogP contribution in [0, 0.1) is 15.4 Å². The fourth-order valence-corrected chi connectivity index (χ4v) is 7.47. The van der Waals surface area contributed by atoms with Gasteiger partial charge in [-0.05, 0) is 72.2 Å². The van der Waals surface area contributed by atoms with E-state index in [-0.39, 0.29) is 5.91 Å². The lowest BCUT2D eigenvalue weighted by Gasteiger charge is -2.32. The first-order valence-corrected chi connectivity index (χ1v) is 15.3. The molecule has 1 amide bonds. The first kappa shape index (κ1) is 28.9. The summed E-state index contributed by atoms with van der Waals surface area (Å²) in [5, 5.41) is 19.1. The number of nitrogens with zero attached hydrogens (tertiary/aromatic N) is 4. The number of carbonyl (C=O) groups is 1. The third kappa shape index (κ3) is 5.05. The number of para-hydroxylation sites is 1. The predicted molar refractivity (Wildman–Crippen MR) is 166 cm³/mol. The van der Waals surface area contributed by atoms with Crippen molar-refractivity contribution in [2.24, 2.45) is 11.8 Å². The highest BCUT2D eigenvalue weighted by Crippen LogP contribution is 2.58. The van der Waals surface area contributed by atoms with Crippen LogP contribution >= 0.6 is 22.6 Å². The second-order valence-corrected chi connectivity index (χ2v) is 13.1. The van der Waals surface area contributed by atoms with E-state index in [1.165, 1.54) is 0 Å². The van der Waals surface area contributed by atoms with Gasteiger partial charge in [0.05, 0.1) is 24.5 Å². The molecule has 0 radical (unpaired) electrons. The van der Waals surface area contributed by atoms with E-state index >= 15 is 4.39 Å². The van der Waals surface area contributed by atoms with Crippen LogP contribution in [-0.2, 0) is 28.2 Å². The molecule has 7 nitrogen and oxygen atoms in total. The smallest absolute Gasteiger partial charge is 0.264 e. The summed E-state index contributed by atoms with van der Waals surface area (Å²) in [5.74, 6) is -1.10. The molecule has 0 bridgehead atoms. The minimum atomic E-state index is -1.59. The van der Waals surface area contributed by atoms with Gasteiger partial charge < -0.3 is 14.7 Å². The highest BCUT2D eigenvalue weighted by atomic mass is 127. The van der Waals surface area contributed by atoms with Gasteiger partial charge in [0.1, 0.15) is 17.5 Å². The van der Waals surface area contributed by atoms with Crippen molar-refractivity contribution in [2.75, 3.05) is 4.90 Å². The molecule has 1 fully saturated rings. The van der Waals surface area contributed by atoms with Crippen molar-refractivity contribution in [3.8, 4) is 0 Å². The lowest BCUT2D eigenvalue weighted by molar-refractivity contribution is -0.146. The Hall–Kier alpha value is -3.15. The molecular formula is C33H34FIN4O3. The van der Waals surface area contributed by atoms with Crippen LogP contribution in [0.1, 0.15) is 55.7 Å². The van der Waals surface area contributed by atoms with Gasteiger partial charge in [-0.15, -0.1) is 5.10 Å². The molecular weight excluding hydrogens is 646 g/mol. The van der Waals surface area contributed by atoms with E-state index < -0.39 is 35.3 Å². The van der Waals surface area contributed by atoms with Crippen LogP contribution in [0.25, 0.3) is 0 Å². The van der Waals surface area contributed by atoms with Crippen molar-refractivity contribution in [3.63, 3.8) is 0 Å². The zero-order valence-corrected chi connectivity index (χ0v) is 26.0. The number of anilines is 1. The molecule has 1 saturated heterocycles. The highest BCUT2D eigenvalue weighted by Gasteiger charge is 2.66. The van der Waals surface area contributed by atoms with Crippen molar-refractivity contribution in [1.82, 2.24) is 15.0 Å². The summed E-state index contributed by atoms with van der Waals surface area (Å²) in [6.45, 7) is 5.89. The summed E-state index contributed by atoms with van der Waals surface area (Å²) in [7, 11) is 0. The molecule has 0 saturated carbocycles. The highest BCUT2D eigenvalue weighted by molar-refractivity contribution is 14.1. The van der Waals surface area contributed by atoms with E-state index in [1.54, 1.807) is 29.6 Å². The molecule has 2 aliphatic heterocycles. The zero-order valence-electron chi connectivity index (χ0n) is 23.8. The van der Waals surface area contributed by atoms with Gasteiger partial charge in [-0.3, -0.25) is 9.48 Å². The molecule has 3 heterocycles. The number of amides is 1. The molecule has 1 spiro atoms. The Labute approximate surface area is 258 Å². The summed E-state index contributed by atoms with van der Waals surface area (Å²) in [5.41, 5.74) is 0.904. The number of aliphatic hydroxyl groups excluding tert-OH is 1. The molecule has 1 N–H and O–H groups in total. The minimum absolute atomic E-state index is 0.152. The van der Waals surface area contributed by atoms with Gasteiger partial charge >= 0.3 is 0 Å². The Morgan fingerprint density at radius 2 is 1.83 bits per heavy atom. The number of halogens is 2. The molecule has 4 aromatic rings. The van der Waals surface area contributed by atoms with Crippen LogP contribution in [0.2, 0.25) is 0 Å². The summed E-state index contributed by atoms with van der Waals surface area (Å²) >= 11 is 2.27. The Morgan fingerprint density at radius 1 is 1.10 bits per heavy atom. The van der Waals surface area contributed by atoms with Crippen LogP contribution in [0.5, 0.6) is 0 Å². The lowest BCUT2D eigenvalue weighted by atomic mass is 9.71. The second kappa shape index (κ2) is 11.2. The monoisotopic (exact) mass is 680 g/mol. The molecule has 3 aromatic carbocycles. The Bertz CT molecular complexity index is 1590. The van der Waals surface area contributed by atoms with Gasteiger partial charge in [-0.2, -0.15) is 0 Å². The third-order valence-corrected chi connectivity index (χ3v) is 9.36. The zero-order chi connectivity index (χ0) is 29.6. The number of alkyl halides is 1. The number of hydrogen-bond donors (Lipinski definition) is 1. The van der Waals surface area contributed by atoms with E-state index in [0.29, 0.717) is 25.2 Å². The average Bonchev–Trinajstić information content (AvgIpc) is 3.63. The molecule has 2 aliphatic rings. The van der Waals surface area contributed by atoms with E-state index in [4.69, 9.17) is 4.74 Å². The maximum atomic E-state index is 16.0. The van der Waals surface area contributed by atoms with Gasteiger partial charge in [0.25, 0.3) is 5.91 Å². The molecule has 0 unspecified atom stereocenters. The molecule has 9 heteroatoms. The summed E-state index contributed by atoms with van der Waals surface area (Å²) in [6, 6.07) is 25.1. The van der Waals surface area contributed by atoms with E-state index in [2.05, 4.69) is 39.0 Å². The first-order chi connectivity index (χ1) is 20.1. The number of rotatable bonds is 8. The van der Waals surface area contributed by atoms with E-state index in [0.717, 1.165) is 25.9 Å². The number of aryl methyl sites for hydroxylation is 1. The summed E-state index contributed by atoms with van der Waals surface area (Å²) in [4.78, 5) is 16.2. The number of benzene rings is 3. The fourth-order valence-electron chi connectivity index (χ4n) is 6.86. The van der Waals surface area contributed by atoms with Crippen molar-refractivity contribution in [3.05, 3.63) is 111 Å². The summed E-state index contributed by atoms with van der Waals surface area (Å²) < 4.78 is 25.5. The van der Waals surface area contributed by atoms with Gasteiger partial charge in [-0.25, -0.2) is 4.39 Å². The first-order valence-electron chi connectivity index (χ1n) is 14.3. The van der Waals surface area contributed by atoms with Gasteiger partial charge in [-0.1, -0.05) is 72.8 Å². The number of aliphatic hydroxyl groups is 1. The number of ether oxygens (including phenoxy) is 1. The second-order valence-electron chi connectivity index (χ2n) is 11.8. The molecule has 218 valence electrons. The maximum absolute atomic E-state index is 16.0. The van der Waals surface area contributed by atoms with Crippen molar-refractivity contribution < 1.29 is 19.0 Å². The molecule has 42 heavy (non-hydrogen) atoms. The Kier molecular flexibility index (Phi) is 7.69. The van der Waals surface area contributed by atoms with Crippen LogP contribution in [0.4, 0.5) is 10.1 Å². The molecule has 5 atom stereocenters. The van der Waals surface area contributed by atoms with Crippen molar-refractivity contribution >= 4 is 34.2 Å². The normalized spacial score (nSPS) is 24.4. The van der Waals surface area contributed by atoms with Gasteiger partial charge in [0.15, 0.2) is 5.60 Å². The van der Waals surface area contributed by atoms with Gasteiger partial charge in [0.2, 0.25) is 0 Å².